The lowest BCUT2D eigenvalue weighted by molar-refractivity contribution is -0.142. The van der Waals surface area contributed by atoms with Crippen molar-refractivity contribution in [3.8, 4) is 0 Å². The summed E-state index contributed by atoms with van der Waals surface area (Å²) in [5.74, 6) is 0.292. The molecule has 110 valence electrons. The lowest BCUT2D eigenvalue weighted by Gasteiger charge is -2.40. The largest absolute Gasteiger partial charge is 0.389 e. The average molecular weight is 269 g/mol. The van der Waals surface area contributed by atoms with Crippen molar-refractivity contribution >= 4 is 5.91 Å². The van der Waals surface area contributed by atoms with E-state index in [-0.39, 0.29) is 5.41 Å². The first kappa shape index (κ1) is 14.8. The maximum atomic E-state index is 12.5. The molecule has 0 saturated carbocycles. The number of hydrogen-bond acceptors (Lipinski definition) is 4. The summed E-state index contributed by atoms with van der Waals surface area (Å²) in [7, 11) is 0. The van der Waals surface area contributed by atoms with Crippen molar-refractivity contribution in [2.24, 2.45) is 5.41 Å². The predicted molar refractivity (Wildman–Crippen MR) is 74.9 cm³/mol. The van der Waals surface area contributed by atoms with E-state index in [4.69, 9.17) is 0 Å². The van der Waals surface area contributed by atoms with E-state index in [0.29, 0.717) is 12.5 Å². The maximum Gasteiger partial charge on any atom is 0.229 e. The highest BCUT2D eigenvalue weighted by atomic mass is 16.3. The second-order valence-corrected chi connectivity index (χ2v) is 6.87. The molecule has 0 radical (unpaired) electrons. The van der Waals surface area contributed by atoms with Gasteiger partial charge in [0.25, 0.3) is 0 Å². The van der Waals surface area contributed by atoms with Crippen LogP contribution in [0.25, 0.3) is 0 Å². The molecule has 0 spiro atoms. The van der Waals surface area contributed by atoms with Crippen LogP contribution < -0.4 is 5.32 Å². The summed E-state index contributed by atoms with van der Waals surface area (Å²) < 4.78 is 0. The smallest absolute Gasteiger partial charge is 0.229 e. The van der Waals surface area contributed by atoms with E-state index in [1.807, 2.05) is 18.7 Å². The summed E-state index contributed by atoms with van der Waals surface area (Å²) in [6.07, 6.45) is 0.940. The second kappa shape index (κ2) is 5.38. The van der Waals surface area contributed by atoms with Crippen molar-refractivity contribution in [3.63, 3.8) is 0 Å². The van der Waals surface area contributed by atoms with Gasteiger partial charge in [0.05, 0.1) is 11.0 Å². The predicted octanol–water partition coefficient (Wildman–Crippen LogP) is -0.0989. The fourth-order valence-corrected chi connectivity index (χ4v) is 3.04. The zero-order valence-electron chi connectivity index (χ0n) is 12.4. The third-order valence-corrected chi connectivity index (χ3v) is 4.16. The Morgan fingerprint density at radius 2 is 1.95 bits per heavy atom. The van der Waals surface area contributed by atoms with Crippen molar-refractivity contribution in [1.82, 2.24) is 15.1 Å². The van der Waals surface area contributed by atoms with E-state index in [0.717, 1.165) is 45.7 Å². The van der Waals surface area contributed by atoms with Crippen LogP contribution in [-0.2, 0) is 4.79 Å². The summed E-state index contributed by atoms with van der Waals surface area (Å²) in [5.41, 5.74) is -0.869. The molecule has 2 fully saturated rings. The third kappa shape index (κ3) is 3.68. The van der Waals surface area contributed by atoms with Crippen LogP contribution >= 0.6 is 0 Å². The molecule has 2 saturated heterocycles. The normalized spacial score (nSPS) is 29.8. The topological polar surface area (TPSA) is 55.8 Å². The first-order valence-corrected chi connectivity index (χ1v) is 7.25. The number of β-amino-alcohol motifs (C(OH)–C–C–N with tert-alkyl or cyclic N) is 1. The Balaban J connectivity index is 1.84. The maximum absolute atomic E-state index is 12.5. The molecule has 1 unspecified atom stereocenters. The van der Waals surface area contributed by atoms with Gasteiger partial charge in [-0.2, -0.15) is 0 Å². The van der Waals surface area contributed by atoms with Gasteiger partial charge in [0.15, 0.2) is 0 Å². The van der Waals surface area contributed by atoms with Crippen LogP contribution in [0.15, 0.2) is 0 Å². The van der Waals surface area contributed by atoms with Crippen LogP contribution in [0.1, 0.15) is 27.2 Å². The summed E-state index contributed by atoms with van der Waals surface area (Å²) in [6, 6.07) is 0. The Hall–Kier alpha value is -0.650. The molecule has 0 bridgehead atoms. The molecule has 0 aromatic carbocycles. The number of nitrogens with one attached hydrogen (secondary N) is 1. The van der Waals surface area contributed by atoms with Crippen molar-refractivity contribution < 1.29 is 9.90 Å². The van der Waals surface area contributed by atoms with E-state index in [9.17, 15) is 9.90 Å². The van der Waals surface area contributed by atoms with E-state index in [1.165, 1.54) is 0 Å². The minimum atomic E-state index is -0.659. The molecule has 0 aliphatic carbocycles. The zero-order chi connectivity index (χ0) is 14.1. The Morgan fingerprint density at radius 1 is 1.32 bits per heavy atom. The molecule has 1 atom stereocenters. The molecule has 2 N–H and O–H groups in total. The molecular formula is C14H27N3O2. The first-order valence-electron chi connectivity index (χ1n) is 7.25. The number of carbonyl (C=O) groups is 1. The van der Waals surface area contributed by atoms with Gasteiger partial charge in [-0.05, 0) is 33.7 Å². The molecule has 0 aromatic rings. The highest BCUT2D eigenvalue weighted by Gasteiger charge is 2.40. The summed E-state index contributed by atoms with van der Waals surface area (Å²) in [5, 5.41) is 13.1. The van der Waals surface area contributed by atoms with Gasteiger partial charge >= 0.3 is 0 Å². The minimum Gasteiger partial charge on any atom is -0.389 e. The highest BCUT2D eigenvalue weighted by molar-refractivity contribution is 5.83. The number of carbonyl (C=O) groups excluding carboxylic acids is 1. The van der Waals surface area contributed by atoms with Gasteiger partial charge in [-0.25, -0.2) is 0 Å². The van der Waals surface area contributed by atoms with E-state index in [1.54, 1.807) is 0 Å². The fourth-order valence-electron chi connectivity index (χ4n) is 3.04. The highest BCUT2D eigenvalue weighted by Crippen LogP contribution is 2.27. The van der Waals surface area contributed by atoms with Crippen LogP contribution in [-0.4, -0.2) is 72.2 Å². The lowest BCUT2D eigenvalue weighted by Crippen LogP contribution is -2.55. The minimum absolute atomic E-state index is 0.210. The Morgan fingerprint density at radius 3 is 2.42 bits per heavy atom. The van der Waals surface area contributed by atoms with Gasteiger partial charge in [-0.3, -0.25) is 9.69 Å². The number of nitrogens with zero attached hydrogens (tertiary/aromatic N) is 2. The third-order valence-electron chi connectivity index (χ3n) is 4.16. The summed E-state index contributed by atoms with van der Waals surface area (Å²) >= 11 is 0. The lowest BCUT2D eigenvalue weighted by atomic mass is 9.88. The summed E-state index contributed by atoms with van der Waals surface area (Å²) in [6.45, 7) is 11.4. The van der Waals surface area contributed by atoms with E-state index < -0.39 is 5.60 Å². The van der Waals surface area contributed by atoms with Crippen LogP contribution in [0.4, 0.5) is 0 Å². The molecule has 1 amide bonds. The van der Waals surface area contributed by atoms with Crippen molar-refractivity contribution in [1.29, 1.82) is 0 Å². The molecular weight excluding hydrogens is 242 g/mol. The van der Waals surface area contributed by atoms with E-state index in [2.05, 4.69) is 17.1 Å². The van der Waals surface area contributed by atoms with Crippen molar-refractivity contribution in [2.75, 3.05) is 45.8 Å². The van der Waals surface area contributed by atoms with Crippen LogP contribution in [0.2, 0.25) is 0 Å². The number of hydrogen-bond donors (Lipinski definition) is 2. The fraction of sp³-hybridized carbons (Fsp3) is 0.929. The summed E-state index contributed by atoms with van der Waals surface area (Å²) in [4.78, 5) is 16.8. The molecule has 19 heavy (non-hydrogen) atoms. The second-order valence-electron chi connectivity index (χ2n) is 6.87. The van der Waals surface area contributed by atoms with Gasteiger partial charge in [0.1, 0.15) is 0 Å². The van der Waals surface area contributed by atoms with Crippen LogP contribution in [0.3, 0.4) is 0 Å². The van der Waals surface area contributed by atoms with Gasteiger partial charge in [0.2, 0.25) is 5.91 Å². The van der Waals surface area contributed by atoms with Crippen molar-refractivity contribution in [3.05, 3.63) is 0 Å². The van der Waals surface area contributed by atoms with Crippen LogP contribution in [0.5, 0.6) is 0 Å². The quantitative estimate of drug-likeness (QED) is 0.751. The molecule has 5 heteroatoms. The van der Waals surface area contributed by atoms with Gasteiger partial charge in [-0.1, -0.05) is 0 Å². The zero-order valence-corrected chi connectivity index (χ0v) is 12.4. The average Bonchev–Trinajstić information content (AvgIpc) is 2.75. The van der Waals surface area contributed by atoms with Gasteiger partial charge < -0.3 is 15.3 Å². The molecule has 0 aromatic heterocycles. The molecule has 2 aliphatic rings. The van der Waals surface area contributed by atoms with E-state index >= 15 is 0 Å². The number of aliphatic hydroxyl groups is 1. The standard InChI is InChI=1S/C14H27N3O2/c1-13(2,19)11-16-6-8-17(9-7-16)12(18)14(3)4-5-15-10-14/h15,19H,4-11H2,1-3H3. The molecule has 2 aliphatic heterocycles. The number of piperazine rings is 1. The number of rotatable bonds is 3. The van der Waals surface area contributed by atoms with Crippen molar-refractivity contribution in [2.45, 2.75) is 32.8 Å². The van der Waals surface area contributed by atoms with Gasteiger partial charge in [-0.15, -0.1) is 0 Å². The Kier molecular flexibility index (Phi) is 4.18. The van der Waals surface area contributed by atoms with Crippen LogP contribution in [0, 0.1) is 5.41 Å². The number of amides is 1. The molecule has 5 nitrogen and oxygen atoms in total. The first-order chi connectivity index (χ1) is 8.80. The molecule has 2 heterocycles. The van der Waals surface area contributed by atoms with Gasteiger partial charge in [0, 0.05) is 39.3 Å². The SMILES string of the molecule is CC(C)(O)CN1CCN(C(=O)C2(C)CCNC2)CC1. The Bertz CT molecular complexity index is 324. The Labute approximate surface area is 115 Å². The molecule has 2 rings (SSSR count). The monoisotopic (exact) mass is 269 g/mol.